The smallest absolute Gasteiger partial charge is 0.317 e. The largest absolute Gasteiger partial charge is 0.338 e. The average molecular weight is 367 g/mol. The third-order valence-corrected chi connectivity index (χ3v) is 4.77. The standard InChI is InChI=1S/C17H23ClN4OS/c1-21(2)10-11-22(13-14-4-3-8-19-12-14)17(23)20-9-7-15-5-6-16(18)24-15/h3-6,8,12H,7,9-11,13H2,1-2H3,(H,20,23). The number of carbonyl (C=O) groups excluding carboxylic acids is 1. The number of amides is 2. The van der Waals surface area contributed by atoms with Gasteiger partial charge in [0.25, 0.3) is 0 Å². The lowest BCUT2D eigenvalue weighted by Crippen LogP contribution is -2.43. The van der Waals surface area contributed by atoms with Crippen LogP contribution in [0.4, 0.5) is 4.79 Å². The molecule has 0 aliphatic heterocycles. The summed E-state index contributed by atoms with van der Waals surface area (Å²) in [6.07, 6.45) is 4.32. The van der Waals surface area contributed by atoms with Crippen LogP contribution in [0.2, 0.25) is 4.34 Å². The Balaban J connectivity index is 1.88. The highest BCUT2D eigenvalue weighted by Crippen LogP contribution is 2.21. The molecule has 0 spiro atoms. The normalized spacial score (nSPS) is 10.8. The van der Waals surface area contributed by atoms with Crippen LogP contribution in [0, 0.1) is 0 Å². The van der Waals surface area contributed by atoms with Crippen molar-refractivity contribution in [3.05, 3.63) is 51.4 Å². The van der Waals surface area contributed by atoms with Crippen molar-refractivity contribution in [1.29, 1.82) is 0 Å². The van der Waals surface area contributed by atoms with Crippen LogP contribution in [-0.4, -0.2) is 54.5 Å². The number of rotatable bonds is 8. The van der Waals surface area contributed by atoms with Crippen LogP contribution in [0.5, 0.6) is 0 Å². The van der Waals surface area contributed by atoms with Crippen molar-refractivity contribution >= 4 is 29.0 Å². The van der Waals surface area contributed by atoms with Crippen LogP contribution in [0.15, 0.2) is 36.7 Å². The molecule has 0 radical (unpaired) electrons. The minimum absolute atomic E-state index is 0.0524. The van der Waals surface area contributed by atoms with Crippen molar-refractivity contribution in [2.75, 3.05) is 33.7 Å². The van der Waals surface area contributed by atoms with Crippen LogP contribution in [0.3, 0.4) is 0 Å². The third-order valence-electron chi connectivity index (χ3n) is 3.48. The van der Waals surface area contributed by atoms with Crippen molar-refractivity contribution in [2.24, 2.45) is 0 Å². The molecule has 0 saturated heterocycles. The van der Waals surface area contributed by atoms with Crippen molar-refractivity contribution in [1.82, 2.24) is 20.1 Å². The minimum atomic E-state index is -0.0524. The van der Waals surface area contributed by atoms with Gasteiger partial charge in [0.05, 0.1) is 4.34 Å². The molecule has 24 heavy (non-hydrogen) atoms. The minimum Gasteiger partial charge on any atom is -0.338 e. The summed E-state index contributed by atoms with van der Waals surface area (Å²) in [6, 6.07) is 7.70. The lowest BCUT2D eigenvalue weighted by Gasteiger charge is -2.24. The summed E-state index contributed by atoms with van der Waals surface area (Å²) in [7, 11) is 4.00. The zero-order valence-electron chi connectivity index (χ0n) is 14.0. The number of nitrogens with one attached hydrogen (secondary N) is 1. The molecular formula is C17H23ClN4OS. The third kappa shape index (κ3) is 6.47. The number of urea groups is 1. The van der Waals surface area contributed by atoms with E-state index in [2.05, 4.69) is 15.2 Å². The molecular weight excluding hydrogens is 344 g/mol. The molecule has 7 heteroatoms. The summed E-state index contributed by atoms with van der Waals surface area (Å²) < 4.78 is 0.778. The molecule has 2 heterocycles. The van der Waals surface area contributed by atoms with Crippen LogP contribution in [0.25, 0.3) is 0 Å². The van der Waals surface area contributed by atoms with Crippen molar-refractivity contribution < 1.29 is 4.79 Å². The summed E-state index contributed by atoms with van der Waals surface area (Å²) in [4.78, 5) is 21.7. The van der Waals surface area contributed by atoms with Gasteiger partial charge in [-0.1, -0.05) is 17.7 Å². The zero-order chi connectivity index (χ0) is 17.4. The molecule has 2 aromatic heterocycles. The quantitative estimate of drug-likeness (QED) is 0.780. The van der Waals surface area contributed by atoms with Crippen molar-refractivity contribution in [3.63, 3.8) is 0 Å². The Hall–Kier alpha value is -1.63. The Labute approximate surface area is 152 Å². The molecule has 5 nitrogen and oxygen atoms in total. The summed E-state index contributed by atoms with van der Waals surface area (Å²) in [5.74, 6) is 0. The Morgan fingerprint density at radius 2 is 2.12 bits per heavy atom. The Bertz CT molecular complexity index is 633. The molecule has 1 N–H and O–H groups in total. The van der Waals surface area contributed by atoms with Crippen molar-refractivity contribution in [3.8, 4) is 0 Å². The number of carbonyl (C=O) groups is 1. The van der Waals surface area contributed by atoms with E-state index in [1.165, 1.54) is 4.88 Å². The number of hydrogen-bond acceptors (Lipinski definition) is 4. The fourth-order valence-corrected chi connectivity index (χ4v) is 3.26. The summed E-state index contributed by atoms with van der Waals surface area (Å²) in [5.41, 5.74) is 1.02. The van der Waals surface area contributed by atoms with Crippen LogP contribution in [0.1, 0.15) is 10.4 Å². The first-order chi connectivity index (χ1) is 11.5. The SMILES string of the molecule is CN(C)CCN(Cc1cccnc1)C(=O)NCCc1ccc(Cl)s1. The molecule has 0 atom stereocenters. The zero-order valence-corrected chi connectivity index (χ0v) is 15.6. The monoisotopic (exact) mass is 366 g/mol. The predicted molar refractivity (Wildman–Crippen MR) is 99.6 cm³/mol. The van der Waals surface area contributed by atoms with Gasteiger partial charge in [0, 0.05) is 43.4 Å². The molecule has 0 fully saturated rings. The number of pyridine rings is 1. The van der Waals surface area contributed by atoms with Gasteiger partial charge in [-0.15, -0.1) is 11.3 Å². The summed E-state index contributed by atoms with van der Waals surface area (Å²) in [5, 5.41) is 3.00. The molecule has 0 saturated carbocycles. The first-order valence-electron chi connectivity index (χ1n) is 7.85. The van der Waals surface area contributed by atoms with E-state index in [4.69, 9.17) is 11.6 Å². The highest BCUT2D eigenvalue weighted by Gasteiger charge is 2.14. The van der Waals surface area contributed by atoms with E-state index in [1.807, 2.05) is 43.3 Å². The summed E-state index contributed by atoms with van der Waals surface area (Å²) in [6.45, 7) is 2.63. The number of likely N-dealkylation sites (N-methyl/N-ethyl adjacent to an activating group) is 1. The molecule has 0 unspecified atom stereocenters. The van der Waals surface area contributed by atoms with E-state index in [1.54, 1.807) is 23.7 Å². The van der Waals surface area contributed by atoms with E-state index >= 15 is 0 Å². The van der Waals surface area contributed by atoms with Crippen LogP contribution >= 0.6 is 22.9 Å². The molecule has 0 aliphatic rings. The van der Waals surface area contributed by atoms with Gasteiger partial charge in [0.1, 0.15) is 0 Å². The maximum absolute atomic E-state index is 12.5. The van der Waals surface area contributed by atoms with E-state index < -0.39 is 0 Å². The second-order valence-electron chi connectivity index (χ2n) is 5.77. The number of aromatic nitrogens is 1. The van der Waals surface area contributed by atoms with Gasteiger partial charge in [0.15, 0.2) is 0 Å². The van der Waals surface area contributed by atoms with Gasteiger partial charge in [-0.05, 0) is 44.3 Å². The van der Waals surface area contributed by atoms with Gasteiger partial charge < -0.3 is 15.1 Å². The topological polar surface area (TPSA) is 48.5 Å². The first kappa shape index (κ1) is 18.7. The highest BCUT2D eigenvalue weighted by atomic mass is 35.5. The van der Waals surface area contributed by atoms with Crippen LogP contribution in [-0.2, 0) is 13.0 Å². The second-order valence-corrected chi connectivity index (χ2v) is 7.57. The first-order valence-corrected chi connectivity index (χ1v) is 9.04. The Kier molecular flexibility index (Phi) is 7.49. The fourth-order valence-electron chi connectivity index (χ4n) is 2.18. The van der Waals surface area contributed by atoms with Gasteiger partial charge in [0.2, 0.25) is 0 Å². The van der Waals surface area contributed by atoms with Crippen molar-refractivity contribution in [2.45, 2.75) is 13.0 Å². The van der Waals surface area contributed by atoms with Gasteiger partial charge in [-0.25, -0.2) is 4.79 Å². The number of hydrogen-bond donors (Lipinski definition) is 1. The molecule has 0 bridgehead atoms. The Morgan fingerprint density at radius 3 is 2.75 bits per heavy atom. The molecule has 0 aliphatic carbocycles. The molecule has 2 aromatic rings. The lowest BCUT2D eigenvalue weighted by atomic mass is 10.2. The maximum atomic E-state index is 12.5. The molecule has 130 valence electrons. The van der Waals surface area contributed by atoms with Gasteiger partial charge in [-0.2, -0.15) is 0 Å². The number of nitrogens with zero attached hydrogens (tertiary/aromatic N) is 3. The number of thiophene rings is 1. The average Bonchev–Trinajstić information content (AvgIpc) is 2.97. The maximum Gasteiger partial charge on any atom is 0.317 e. The van der Waals surface area contributed by atoms with E-state index in [-0.39, 0.29) is 6.03 Å². The van der Waals surface area contributed by atoms with E-state index in [0.29, 0.717) is 19.6 Å². The predicted octanol–water partition coefficient (Wildman–Crippen LogP) is 3.11. The van der Waals surface area contributed by atoms with Gasteiger partial charge >= 0.3 is 6.03 Å². The second kappa shape index (κ2) is 9.61. The number of halogens is 1. The lowest BCUT2D eigenvalue weighted by molar-refractivity contribution is 0.189. The molecule has 0 aromatic carbocycles. The highest BCUT2D eigenvalue weighted by molar-refractivity contribution is 7.16. The van der Waals surface area contributed by atoms with Crippen LogP contribution < -0.4 is 5.32 Å². The summed E-state index contributed by atoms with van der Waals surface area (Å²) >= 11 is 7.48. The van der Waals surface area contributed by atoms with E-state index in [9.17, 15) is 4.79 Å². The van der Waals surface area contributed by atoms with Gasteiger partial charge in [-0.3, -0.25) is 4.98 Å². The molecule has 2 rings (SSSR count). The Morgan fingerprint density at radius 1 is 1.29 bits per heavy atom. The molecule has 2 amide bonds. The fraction of sp³-hybridized carbons (Fsp3) is 0.412. The van der Waals surface area contributed by atoms with E-state index in [0.717, 1.165) is 22.9 Å².